The summed E-state index contributed by atoms with van der Waals surface area (Å²) >= 11 is 7.25. The second kappa shape index (κ2) is 12.4. The van der Waals surface area contributed by atoms with Gasteiger partial charge in [0.15, 0.2) is 5.60 Å². The van der Waals surface area contributed by atoms with Gasteiger partial charge in [-0.05, 0) is 85.5 Å². The highest BCUT2D eigenvalue weighted by Gasteiger charge is 2.77. The summed E-state index contributed by atoms with van der Waals surface area (Å²) in [5.41, 5.74) is 2.44. The highest BCUT2D eigenvalue weighted by Crippen LogP contribution is 2.70. The zero-order valence-corrected chi connectivity index (χ0v) is 29.7. The first-order valence-corrected chi connectivity index (χ1v) is 18.0. The Morgan fingerprint density at radius 3 is 2.25 bits per heavy atom. The molecule has 4 bridgehead atoms. The molecule has 51 heavy (non-hydrogen) atoms. The van der Waals surface area contributed by atoms with Crippen LogP contribution in [0.2, 0.25) is 5.02 Å². The normalized spacial score (nSPS) is 35.2. The van der Waals surface area contributed by atoms with Crippen molar-refractivity contribution in [3.63, 3.8) is 0 Å². The Labute approximate surface area is 301 Å². The first kappa shape index (κ1) is 34.4. The first-order chi connectivity index (χ1) is 24.4. The van der Waals surface area contributed by atoms with Crippen molar-refractivity contribution < 1.29 is 48.6 Å². The Morgan fingerprint density at radius 1 is 1.04 bits per heavy atom. The van der Waals surface area contributed by atoms with Gasteiger partial charge in [-0.3, -0.25) is 4.79 Å². The van der Waals surface area contributed by atoms with Crippen molar-refractivity contribution in [1.82, 2.24) is 4.90 Å². The van der Waals surface area contributed by atoms with Crippen molar-refractivity contribution in [3.05, 3.63) is 75.4 Å². The molecule has 1 spiro atoms. The lowest BCUT2D eigenvalue weighted by atomic mass is 9.47. The maximum atomic E-state index is 12.8. The molecule has 1 amide bonds. The van der Waals surface area contributed by atoms with Crippen LogP contribution in [0, 0.1) is 35.5 Å². The standard InChI is InChI=1S/C39H42ClNO10/c1-19-30(34(37(45)46)41-33(19)31(20(2)42)36(41)44)24-7-5-21(6-8-24)18-49-35-25(10-12-29(43)47-3)9-11-28(32(35)40)39(48-4)38(50-51-39)26-14-22-13-23(16-26)17-27(38)15-22/h5-12,19-20,22-23,26-27,31,33,42H,13-18H2,1-4H3,(H,45,46)/b12-10+/t19-,20+,22?,23?,26?,27?,31+,33+,38?,39+/m0/s1. The molecule has 270 valence electrons. The van der Waals surface area contributed by atoms with E-state index in [9.17, 15) is 24.6 Å². The number of esters is 1. The van der Waals surface area contributed by atoms with Crippen LogP contribution in [0.4, 0.5) is 0 Å². The third-order valence-corrected chi connectivity index (χ3v) is 12.9. The molecule has 9 rings (SSSR count). The smallest absolute Gasteiger partial charge is 0.352 e. The predicted molar refractivity (Wildman–Crippen MR) is 183 cm³/mol. The molecule has 0 unspecified atom stereocenters. The lowest BCUT2D eigenvalue weighted by Crippen LogP contribution is -2.76. The van der Waals surface area contributed by atoms with Crippen molar-refractivity contribution in [2.24, 2.45) is 35.5 Å². The minimum Gasteiger partial charge on any atom is -0.487 e. The van der Waals surface area contributed by atoms with Crippen LogP contribution in [0.1, 0.15) is 68.2 Å². The van der Waals surface area contributed by atoms with Gasteiger partial charge in [0, 0.05) is 30.2 Å². The van der Waals surface area contributed by atoms with Gasteiger partial charge >= 0.3 is 11.9 Å². The molecule has 2 saturated heterocycles. The van der Waals surface area contributed by atoms with Gasteiger partial charge in [-0.15, -0.1) is 0 Å². The minimum absolute atomic E-state index is 0.0461. The molecule has 4 aliphatic carbocycles. The van der Waals surface area contributed by atoms with Crippen LogP contribution < -0.4 is 4.74 Å². The molecular formula is C39H42ClNO10. The van der Waals surface area contributed by atoms with Crippen molar-refractivity contribution >= 4 is 41.1 Å². The Balaban J connectivity index is 1.10. The van der Waals surface area contributed by atoms with Crippen LogP contribution in [-0.2, 0) is 46.0 Å². The van der Waals surface area contributed by atoms with Crippen LogP contribution in [0.15, 0.2) is 48.2 Å². The van der Waals surface area contributed by atoms with E-state index < -0.39 is 41.4 Å². The summed E-state index contributed by atoms with van der Waals surface area (Å²) in [5.74, 6) is -1.96. The van der Waals surface area contributed by atoms with Gasteiger partial charge in [-0.1, -0.05) is 54.9 Å². The number of methoxy groups -OCH3 is 2. The molecule has 12 heteroatoms. The number of aliphatic hydroxyl groups is 1. The van der Waals surface area contributed by atoms with Crippen LogP contribution in [0.5, 0.6) is 5.75 Å². The number of fused-ring (bicyclic) bond motifs is 1. The number of β-lactam (4-membered cyclic amide) rings is 1. The van der Waals surface area contributed by atoms with E-state index in [-0.39, 0.29) is 41.0 Å². The fourth-order valence-corrected chi connectivity index (χ4v) is 10.9. The maximum Gasteiger partial charge on any atom is 0.352 e. The first-order valence-electron chi connectivity index (χ1n) is 17.7. The van der Waals surface area contributed by atoms with Crippen molar-refractivity contribution in [2.75, 3.05) is 14.2 Å². The van der Waals surface area contributed by atoms with E-state index in [1.807, 2.05) is 43.3 Å². The van der Waals surface area contributed by atoms with Crippen molar-refractivity contribution in [2.45, 2.75) is 76.1 Å². The average Bonchev–Trinajstić information content (AvgIpc) is 3.35. The second-order valence-electron chi connectivity index (χ2n) is 15.1. The molecule has 5 atom stereocenters. The lowest BCUT2D eigenvalue weighted by Gasteiger charge is -2.68. The third kappa shape index (κ3) is 4.88. The molecule has 4 saturated carbocycles. The van der Waals surface area contributed by atoms with E-state index in [1.165, 1.54) is 24.5 Å². The summed E-state index contributed by atoms with van der Waals surface area (Å²) in [7, 11) is 2.93. The number of carbonyl (C=O) groups excluding carboxylic acids is 2. The molecule has 0 radical (unpaired) electrons. The number of nitrogens with zero attached hydrogens (tertiary/aromatic N) is 1. The number of carbonyl (C=O) groups is 3. The lowest BCUT2D eigenvalue weighted by molar-refractivity contribution is -0.645. The predicted octanol–water partition coefficient (Wildman–Crippen LogP) is 5.71. The van der Waals surface area contributed by atoms with Gasteiger partial charge in [0.2, 0.25) is 5.91 Å². The van der Waals surface area contributed by atoms with Gasteiger partial charge in [-0.2, -0.15) is 4.89 Å². The van der Waals surface area contributed by atoms with Crippen molar-refractivity contribution in [1.29, 1.82) is 0 Å². The number of carboxylic acid groups (broad SMARTS) is 1. The second-order valence-corrected chi connectivity index (χ2v) is 15.5. The number of amides is 1. The van der Waals surface area contributed by atoms with Crippen molar-refractivity contribution in [3.8, 4) is 5.75 Å². The van der Waals surface area contributed by atoms with Crippen LogP contribution in [-0.4, -0.2) is 64.9 Å². The number of rotatable bonds is 10. The Morgan fingerprint density at radius 2 is 1.71 bits per heavy atom. The van der Waals surface area contributed by atoms with E-state index in [2.05, 4.69) is 0 Å². The number of aliphatic carboxylic acids is 1. The summed E-state index contributed by atoms with van der Waals surface area (Å²) in [6.45, 7) is 3.54. The maximum absolute atomic E-state index is 12.8. The summed E-state index contributed by atoms with van der Waals surface area (Å²) in [5, 5.41) is 20.6. The molecule has 2 N–H and O–H groups in total. The Bertz CT molecular complexity index is 1820. The molecule has 11 nitrogen and oxygen atoms in total. The summed E-state index contributed by atoms with van der Waals surface area (Å²) in [4.78, 5) is 50.7. The van der Waals surface area contributed by atoms with Gasteiger partial charge in [0.1, 0.15) is 18.1 Å². The van der Waals surface area contributed by atoms with Gasteiger partial charge < -0.3 is 29.3 Å². The molecule has 3 heterocycles. The minimum atomic E-state index is -1.23. The van der Waals surface area contributed by atoms with Crippen LogP contribution in [0.25, 0.3) is 11.6 Å². The van der Waals surface area contributed by atoms with Gasteiger partial charge in [0.25, 0.3) is 5.79 Å². The zero-order valence-electron chi connectivity index (χ0n) is 29.0. The largest absolute Gasteiger partial charge is 0.487 e. The number of ether oxygens (including phenoxy) is 3. The number of aliphatic hydroxyl groups excluding tert-OH is 1. The monoisotopic (exact) mass is 719 g/mol. The summed E-state index contributed by atoms with van der Waals surface area (Å²) < 4.78 is 17.5. The SMILES string of the molecule is COC(=O)/C=C/c1ccc([C@@]2(OC)OOC23C2CC4CC(C2)CC3C4)c(Cl)c1OCc1ccc(C2=C(C(=O)O)N3C(=O)[C@H]([C@@H](C)O)[C@H]3[C@H]2C)cc1. The van der Waals surface area contributed by atoms with Crippen LogP contribution >= 0.6 is 11.6 Å². The number of carboxylic acids is 1. The number of benzene rings is 2. The van der Waals surface area contributed by atoms with E-state index in [1.54, 1.807) is 20.1 Å². The highest BCUT2D eigenvalue weighted by molar-refractivity contribution is 6.33. The Kier molecular flexibility index (Phi) is 8.38. The topological polar surface area (TPSA) is 141 Å². The highest BCUT2D eigenvalue weighted by atomic mass is 35.5. The van der Waals surface area contributed by atoms with E-state index >= 15 is 0 Å². The molecule has 7 aliphatic rings. The fraction of sp³-hybridized carbons (Fsp3) is 0.513. The van der Waals surface area contributed by atoms with E-state index in [0.29, 0.717) is 39.8 Å². The third-order valence-electron chi connectivity index (χ3n) is 12.6. The Hall–Kier alpha value is -3.74. The van der Waals surface area contributed by atoms with Gasteiger partial charge in [-0.25, -0.2) is 14.5 Å². The fourth-order valence-electron chi connectivity index (χ4n) is 10.5. The van der Waals surface area contributed by atoms with Gasteiger partial charge in [0.05, 0.1) is 30.2 Å². The summed E-state index contributed by atoms with van der Waals surface area (Å²) in [6.07, 6.45) is 7.56. The molecule has 2 aromatic rings. The number of hydrogen-bond acceptors (Lipinski definition) is 9. The van der Waals surface area contributed by atoms with E-state index in [4.69, 9.17) is 35.6 Å². The molecule has 0 aromatic heterocycles. The average molecular weight is 720 g/mol. The molecule has 6 fully saturated rings. The number of halogens is 1. The zero-order chi connectivity index (χ0) is 36.0. The number of hydrogen-bond donors (Lipinski definition) is 2. The van der Waals surface area contributed by atoms with Crippen LogP contribution in [0.3, 0.4) is 0 Å². The quantitative estimate of drug-likeness (QED) is 0.136. The van der Waals surface area contributed by atoms with E-state index in [0.717, 1.165) is 31.2 Å². The molecular weight excluding hydrogens is 678 g/mol. The summed E-state index contributed by atoms with van der Waals surface area (Å²) in [6, 6.07) is 10.6. The molecule has 2 aromatic carbocycles. The molecule has 3 aliphatic heterocycles.